The summed E-state index contributed by atoms with van der Waals surface area (Å²) >= 11 is 0. The van der Waals surface area contributed by atoms with E-state index >= 15 is 0 Å². The first kappa shape index (κ1) is 16.1. The smallest absolute Gasteiger partial charge is 0.407 e. The van der Waals surface area contributed by atoms with Crippen LogP contribution in [0.3, 0.4) is 0 Å². The van der Waals surface area contributed by atoms with E-state index in [9.17, 15) is 14.4 Å². The molecule has 2 unspecified atom stereocenters. The minimum Gasteiger partial charge on any atom is -0.481 e. The average Bonchev–Trinajstić information content (AvgIpc) is 2.14. The van der Waals surface area contributed by atoms with Crippen molar-refractivity contribution >= 4 is 18.3 Å². The van der Waals surface area contributed by atoms with Crippen LogP contribution >= 0.6 is 0 Å². The van der Waals surface area contributed by atoms with Crippen molar-refractivity contribution in [1.82, 2.24) is 5.32 Å². The zero-order chi connectivity index (χ0) is 14.3. The first-order valence-electron chi connectivity index (χ1n) is 5.49. The summed E-state index contributed by atoms with van der Waals surface area (Å²) in [5.74, 6) is -2.62. The van der Waals surface area contributed by atoms with E-state index in [1.54, 1.807) is 20.8 Å². The third kappa shape index (κ3) is 6.03. The number of hydrogen-bond donors (Lipinski definition) is 2. The summed E-state index contributed by atoms with van der Waals surface area (Å²) in [5, 5.41) is 11.2. The maximum absolute atomic E-state index is 11.5. The number of aldehydes is 1. The van der Waals surface area contributed by atoms with Crippen LogP contribution in [0.1, 0.15) is 27.2 Å². The van der Waals surface area contributed by atoms with Gasteiger partial charge in [-0.25, -0.2) is 4.79 Å². The second-order valence-corrected chi connectivity index (χ2v) is 4.78. The Labute approximate surface area is 106 Å². The van der Waals surface area contributed by atoms with Crippen LogP contribution < -0.4 is 5.32 Å². The number of nitrogens with one attached hydrogen (secondary N) is 1. The van der Waals surface area contributed by atoms with E-state index in [2.05, 4.69) is 11.9 Å². The molecule has 0 aromatic rings. The van der Waals surface area contributed by atoms with Crippen molar-refractivity contribution in [1.29, 1.82) is 0 Å². The molecule has 0 aliphatic carbocycles. The van der Waals surface area contributed by atoms with Crippen molar-refractivity contribution in [3.05, 3.63) is 12.7 Å². The maximum Gasteiger partial charge on any atom is 0.407 e. The summed E-state index contributed by atoms with van der Waals surface area (Å²) in [6.07, 6.45) is 1.12. The SMILES string of the molecule is C=CCC(NC(=O)OC(C)(C)C)C(C=O)C(=O)O. The van der Waals surface area contributed by atoms with Crippen molar-refractivity contribution in [2.24, 2.45) is 5.92 Å². The number of carbonyl (C=O) groups excluding carboxylic acids is 2. The Bertz CT molecular complexity index is 332. The van der Waals surface area contributed by atoms with Gasteiger partial charge in [-0.1, -0.05) is 6.08 Å². The molecular weight excluding hydrogens is 238 g/mol. The van der Waals surface area contributed by atoms with E-state index in [1.165, 1.54) is 6.08 Å². The van der Waals surface area contributed by atoms with Gasteiger partial charge in [-0.2, -0.15) is 0 Å². The molecule has 0 fully saturated rings. The van der Waals surface area contributed by atoms with E-state index in [0.29, 0.717) is 0 Å². The van der Waals surface area contributed by atoms with Gasteiger partial charge in [0, 0.05) is 0 Å². The Kier molecular flexibility index (Phi) is 6.08. The third-order valence-corrected chi connectivity index (χ3v) is 1.99. The quantitative estimate of drug-likeness (QED) is 0.425. The molecule has 18 heavy (non-hydrogen) atoms. The second-order valence-electron chi connectivity index (χ2n) is 4.78. The first-order valence-corrected chi connectivity index (χ1v) is 5.49. The third-order valence-electron chi connectivity index (χ3n) is 1.99. The number of carbonyl (C=O) groups is 3. The largest absolute Gasteiger partial charge is 0.481 e. The number of hydrogen-bond acceptors (Lipinski definition) is 4. The molecule has 0 aromatic heterocycles. The lowest BCUT2D eigenvalue weighted by molar-refractivity contribution is -0.144. The number of ether oxygens (including phenoxy) is 1. The lowest BCUT2D eigenvalue weighted by Gasteiger charge is -2.24. The van der Waals surface area contributed by atoms with Crippen LogP contribution in [0.15, 0.2) is 12.7 Å². The maximum atomic E-state index is 11.5. The van der Waals surface area contributed by atoms with Crippen LogP contribution in [-0.2, 0) is 14.3 Å². The Morgan fingerprint density at radius 2 is 2.00 bits per heavy atom. The fourth-order valence-electron chi connectivity index (χ4n) is 1.26. The summed E-state index contributed by atoms with van der Waals surface area (Å²) in [6, 6.07) is -0.868. The van der Waals surface area contributed by atoms with Gasteiger partial charge in [0.25, 0.3) is 0 Å². The number of carboxylic acid groups (broad SMARTS) is 1. The van der Waals surface area contributed by atoms with Crippen LogP contribution in [0.5, 0.6) is 0 Å². The lowest BCUT2D eigenvalue weighted by atomic mass is 9.99. The lowest BCUT2D eigenvalue weighted by Crippen LogP contribution is -2.45. The Morgan fingerprint density at radius 3 is 2.33 bits per heavy atom. The molecule has 2 N–H and O–H groups in total. The molecule has 0 aromatic carbocycles. The summed E-state index contributed by atoms with van der Waals surface area (Å²) in [6.45, 7) is 8.51. The molecule has 0 saturated carbocycles. The number of amides is 1. The molecule has 0 aliphatic rings. The summed E-state index contributed by atoms with van der Waals surface area (Å²) in [5.41, 5.74) is -0.692. The van der Waals surface area contributed by atoms with Crippen molar-refractivity contribution < 1.29 is 24.2 Å². The van der Waals surface area contributed by atoms with E-state index in [4.69, 9.17) is 9.84 Å². The minimum atomic E-state index is -1.32. The number of aliphatic carboxylic acids is 1. The van der Waals surface area contributed by atoms with Crippen LogP contribution in [0.2, 0.25) is 0 Å². The predicted molar refractivity (Wildman–Crippen MR) is 65.2 cm³/mol. The molecule has 0 radical (unpaired) electrons. The van der Waals surface area contributed by atoms with Crippen molar-refractivity contribution in [3.8, 4) is 0 Å². The highest BCUT2D eigenvalue weighted by Gasteiger charge is 2.29. The van der Waals surface area contributed by atoms with Crippen molar-refractivity contribution in [2.75, 3.05) is 0 Å². The van der Waals surface area contributed by atoms with E-state index < -0.39 is 29.6 Å². The average molecular weight is 257 g/mol. The zero-order valence-corrected chi connectivity index (χ0v) is 10.8. The molecule has 0 aliphatic heterocycles. The van der Waals surface area contributed by atoms with Gasteiger partial charge in [0.1, 0.15) is 17.8 Å². The normalized spacial score (nSPS) is 14.2. The number of carboxylic acids is 1. The second kappa shape index (κ2) is 6.78. The highest BCUT2D eigenvalue weighted by atomic mass is 16.6. The molecular formula is C12H19NO5. The van der Waals surface area contributed by atoms with Gasteiger partial charge in [-0.3, -0.25) is 4.79 Å². The highest BCUT2D eigenvalue weighted by molar-refractivity contribution is 5.88. The molecule has 0 heterocycles. The topological polar surface area (TPSA) is 92.7 Å². The molecule has 0 rings (SSSR count). The Balaban J connectivity index is 4.71. The Hall–Kier alpha value is -1.85. The molecule has 6 heteroatoms. The summed E-state index contributed by atoms with van der Waals surface area (Å²) in [7, 11) is 0. The molecule has 0 bridgehead atoms. The van der Waals surface area contributed by atoms with Gasteiger partial charge in [0.15, 0.2) is 0 Å². The molecule has 0 saturated heterocycles. The van der Waals surface area contributed by atoms with Gasteiger partial charge in [-0.05, 0) is 27.2 Å². The van der Waals surface area contributed by atoms with Crippen LogP contribution in [-0.4, -0.2) is 35.1 Å². The summed E-state index contributed by atoms with van der Waals surface area (Å²) in [4.78, 5) is 33.1. The molecule has 0 spiro atoms. The van der Waals surface area contributed by atoms with E-state index in [1.807, 2.05) is 0 Å². The van der Waals surface area contributed by atoms with E-state index in [0.717, 1.165) is 0 Å². The monoisotopic (exact) mass is 257 g/mol. The van der Waals surface area contributed by atoms with Crippen LogP contribution in [0.25, 0.3) is 0 Å². The van der Waals surface area contributed by atoms with Gasteiger partial charge < -0.3 is 20.0 Å². The highest BCUT2D eigenvalue weighted by Crippen LogP contribution is 2.10. The predicted octanol–water partition coefficient (Wildman–Crippen LogP) is 1.36. The van der Waals surface area contributed by atoms with Crippen molar-refractivity contribution in [3.63, 3.8) is 0 Å². The first-order chi connectivity index (χ1) is 8.21. The zero-order valence-electron chi connectivity index (χ0n) is 10.8. The molecule has 102 valence electrons. The van der Waals surface area contributed by atoms with E-state index in [-0.39, 0.29) is 12.7 Å². The van der Waals surface area contributed by atoms with Crippen LogP contribution in [0.4, 0.5) is 4.79 Å². The fraction of sp³-hybridized carbons (Fsp3) is 0.583. The fourth-order valence-corrected chi connectivity index (χ4v) is 1.26. The molecule has 2 atom stereocenters. The Morgan fingerprint density at radius 1 is 1.44 bits per heavy atom. The number of alkyl carbamates (subject to hydrolysis) is 1. The number of rotatable bonds is 6. The van der Waals surface area contributed by atoms with Crippen molar-refractivity contribution in [2.45, 2.75) is 38.8 Å². The van der Waals surface area contributed by atoms with Crippen LogP contribution in [0, 0.1) is 5.92 Å². The van der Waals surface area contributed by atoms with Gasteiger partial charge in [0.2, 0.25) is 0 Å². The standard InChI is InChI=1S/C12H19NO5/c1-5-6-9(8(7-14)10(15)16)13-11(17)18-12(2,3)4/h5,7-9H,1,6H2,2-4H3,(H,13,17)(H,15,16). The minimum absolute atomic E-state index is 0.162. The van der Waals surface area contributed by atoms with Gasteiger partial charge >= 0.3 is 12.1 Å². The van der Waals surface area contributed by atoms with Gasteiger partial charge in [0.05, 0.1) is 6.04 Å². The molecule has 1 amide bonds. The van der Waals surface area contributed by atoms with Gasteiger partial charge in [-0.15, -0.1) is 6.58 Å². The molecule has 6 nitrogen and oxygen atoms in total. The summed E-state index contributed by atoms with van der Waals surface area (Å²) < 4.78 is 5.00.